The normalized spacial score (nSPS) is 12.0. The molecule has 25 heavy (non-hydrogen) atoms. The van der Waals surface area contributed by atoms with E-state index in [0.717, 1.165) is 23.3 Å². The molecule has 1 heterocycles. The van der Waals surface area contributed by atoms with Crippen LogP contribution in [0.2, 0.25) is 0 Å². The Kier molecular flexibility index (Phi) is 4.51. The Balaban J connectivity index is 1.74. The number of rotatable bonds is 4. The minimum absolute atomic E-state index is 0.148. The highest BCUT2D eigenvalue weighted by Crippen LogP contribution is 2.17. The van der Waals surface area contributed by atoms with Crippen molar-refractivity contribution in [2.45, 2.75) is 19.9 Å². The minimum Gasteiger partial charge on any atom is -0.324 e. The number of hydrogen-bond donors (Lipinski definition) is 1. The number of nitrogens with zero attached hydrogens (tertiary/aromatic N) is 4. The average molecular weight is 343 g/mol. The molecule has 1 amide bonds. The number of amides is 1. The third kappa shape index (κ3) is 3.68. The van der Waals surface area contributed by atoms with Crippen LogP contribution in [0, 0.1) is 18.6 Å². The Morgan fingerprint density at radius 2 is 1.84 bits per heavy atom. The van der Waals surface area contributed by atoms with Crippen molar-refractivity contribution in [2.75, 3.05) is 5.32 Å². The predicted octanol–water partition coefficient (Wildman–Crippen LogP) is 3.13. The molecule has 8 heteroatoms. The summed E-state index contributed by atoms with van der Waals surface area (Å²) in [5.74, 6) is -2.09. The molecule has 0 saturated heterocycles. The fourth-order valence-corrected chi connectivity index (χ4v) is 2.13. The number of aromatic nitrogens is 4. The molecule has 128 valence electrons. The molecule has 1 aromatic heterocycles. The Bertz CT molecular complexity index is 908. The largest absolute Gasteiger partial charge is 0.324 e. The lowest BCUT2D eigenvalue weighted by atomic mass is 10.1. The first-order valence-corrected chi connectivity index (χ1v) is 7.56. The van der Waals surface area contributed by atoms with E-state index in [1.54, 1.807) is 6.92 Å². The highest BCUT2D eigenvalue weighted by Gasteiger charge is 2.19. The van der Waals surface area contributed by atoms with Gasteiger partial charge >= 0.3 is 0 Å². The van der Waals surface area contributed by atoms with Crippen LogP contribution in [0.3, 0.4) is 0 Å². The standard InChI is InChI=1S/C17H15F2N5O/c1-10-3-5-12(6-4-10)16-21-23-24(22-16)11(2)17(25)20-13-7-8-14(18)15(19)9-13/h3-9,11H,1-2H3,(H,20,25). The van der Waals surface area contributed by atoms with E-state index in [4.69, 9.17) is 0 Å². The second-order valence-corrected chi connectivity index (χ2v) is 5.59. The van der Waals surface area contributed by atoms with E-state index < -0.39 is 23.6 Å². The van der Waals surface area contributed by atoms with E-state index in [1.165, 1.54) is 10.9 Å². The van der Waals surface area contributed by atoms with Gasteiger partial charge in [0.2, 0.25) is 5.82 Å². The van der Waals surface area contributed by atoms with E-state index >= 15 is 0 Å². The molecule has 1 N–H and O–H groups in total. The lowest BCUT2D eigenvalue weighted by molar-refractivity contribution is -0.119. The number of tetrazole rings is 1. The van der Waals surface area contributed by atoms with Crippen LogP contribution in [0.25, 0.3) is 11.4 Å². The summed E-state index contributed by atoms with van der Waals surface area (Å²) in [5, 5.41) is 14.5. The van der Waals surface area contributed by atoms with Gasteiger partial charge in [0, 0.05) is 17.3 Å². The van der Waals surface area contributed by atoms with Crippen LogP contribution in [0.5, 0.6) is 0 Å². The average Bonchev–Trinajstić information content (AvgIpc) is 3.08. The number of carbonyl (C=O) groups is 1. The number of anilines is 1. The Morgan fingerprint density at radius 1 is 1.12 bits per heavy atom. The first kappa shape index (κ1) is 16.7. The molecule has 2 aromatic carbocycles. The van der Waals surface area contributed by atoms with Crippen molar-refractivity contribution < 1.29 is 13.6 Å². The lowest BCUT2D eigenvalue weighted by Crippen LogP contribution is -2.25. The molecular formula is C17H15F2N5O. The van der Waals surface area contributed by atoms with Crippen molar-refractivity contribution in [1.82, 2.24) is 20.2 Å². The Morgan fingerprint density at radius 3 is 2.52 bits per heavy atom. The Hall–Kier alpha value is -3.16. The second kappa shape index (κ2) is 6.76. The van der Waals surface area contributed by atoms with Crippen molar-refractivity contribution in [3.63, 3.8) is 0 Å². The number of carbonyl (C=O) groups excluding carboxylic acids is 1. The molecule has 0 aliphatic heterocycles. The number of aryl methyl sites for hydroxylation is 1. The zero-order valence-electron chi connectivity index (χ0n) is 13.6. The topological polar surface area (TPSA) is 72.7 Å². The Labute approximate surface area is 142 Å². The van der Waals surface area contributed by atoms with Gasteiger partial charge in [0.1, 0.15) is 6.04 Å². The van der Waals surface area contributed by atoms with Crippen molar-refractivity contribution in [3.05, 3.63) is 59.7 Å². The van der Waals surface area contributed by atoms with Gasteiger partial charge in [-0.3, -0.25) is 4.79 Å². The molecule has 3 aromatic rings. The minimum atomic E-state index is -1.04. The number of benzene rings is 2. The van der Waals surface area contributed by atoms with E-state index in [-0.39, 0.29) is 5.69 Å². The highest BCUT2D eigenvalue weighted by atomic mass is 19.2. The van der Waals surface area contributed by atoms with Crippen molar-refractivity contribution in [1.29, 1.82) is 0 Å². The summed E-state index contributed by atoms with van der Waals surface area (Å²) in [6.07, 6.45) is 0. The van der Waals surface area contributed by atoms with Crippen molar-refractivity contribution in [3.8, 4) is 11.4 Å². The van der Waals surface area contributed by atoms with Gasteiger partial charge in [-0.15, -0.1) is 10.2 Å². The third-order valence-corrected chi connectivity index (χ3v) is 3.65. The molecule has 0 radical (unpaired) electrons. The summed E-state index contributed by atoms with van der Waals surface area (Å²) in [6, 6.07) is 9.93. The van der Waals surface area contributed by atoms with Gasteiger partial charge in [-0.05, 0) is 31.2 Å². The monoisotopic (exact) mass is 343 g/mol. The van der Waals surface area contributed by atoms with Crippen LogP contribution in [0.15, 0.2) is 42.5 Å². The maximum atomic E-state index is 13.2. The zero-order chi connectivity index (χ0) is 18.0. The molecule has 1 atom stereocenters. The first-order valence-electron chi connectivity index (χ1n) is 7.56. The summed E-state index contributed by atoms with van der Waals surface area (Å²) in [5.41, 5.74) is 2.04. The van der Waals surface area contributed by atoms with Crippen LogP contribution in [-0.4, -0.2) is 26.1 Å². The molecule has 6 nitrogen and oxygen atoms in total. The number of hydrogen-bond acceptors (Lipinski definition) is 4. The summed E-state index contributed by atoms with van der Waals surface area (Å²) in [7, 11) is 0. The van der Waals surface area contributed by atoms with Crippen LogP contribution in [0.4, 0.5) is 14.5 Å². The molecule has 1 unspecified atom stereocenters. The maximum Gasteiger partial charge on any atom is 0.250 e. The summed E-state index contributed by atoms with van der Waals surface area (Å²) in [4.78, 5) is 13.4. The quantitative estimate of drug-likeness (QED) is 0.790. The lowest BCUT2D eigenvalue weighted by Gasteiger charge is -2.10. The van der Waals surface area contributed by atoms with Gasteiger partial charge in [-0.25, -0.2) is 8.78 Å². The van der Waals surface area contributed by atoms with Gasteiger partial charge in [-0.1, -0.05) is 29.8 Å². The van der Waals surface area contributed by atoms with Gasteiger partial charge in [-0.2, -0.15) is 4.80 Å². The fourth-order valence-electron chi connectivity index (χ4n) is 2.13. The van der Waals surface area contributed by atoms with Crippen LogP contribution in [0.1, 0.15) is 18.5 Å². The van der Waals surface area contributed by atoms with Gasteiger partial charge in [0.25, 0.3) is 5.91 Å². The zero-order valence-corrected chi connectivity index (χ0v) is 13.6. The second-order valence-electron chi connectivity index (χ2n) is 5.59. The predicted molar refractivity (Wildman–Crippen MR) is 87.7 cm³/mol. The van der Waals surface area contributed by atoms with E-state index in [2.05, 4.69) is 20.7 Å². The third-order valence-electron chi connectivity index (χ3n) is 3.65. The van der Waals surface area contributed by atoms with E-state index in [1.807, 2.05) is 31.2 Å². The summed E-state index contributed by atoms with van der Waals surface area (Å²) in [6.45, 7) is 3.55. The number of nitrogens with one attached hydrogen (secondary N) is 1. The summed E-state index contributed by atoms with van der Waals surface area (Å²) < 4.78 is 26.1. The molecule has 3 rings (SSSR count). The first-order chi connectivity index (χ1) is 11.9. The molecule has 0 bridgehead atoms. The van der Waals surface area contributed by atoms with Crippen LogP contribution in [-0.2, 0) is 4.79 Å². The van der Waals surface area contributed by atoms with E-state index in [9.17, 15) is 13.6 Å². The maximum absolute atomic E-state index is 13.2. The molecule has 0 saturated carbocycles. The van der Waals surface area contributed by atoms with Crippen LogP contribution >= 0.6 is 0 Å². The van der Waals surface area contributed by atoms with Gasteiger partial charge in [0.05, 0.1) is 0 Å². The van der Waals surface area contributed by atoms with Gasteiger partial charge < -0.3 is 5.32 Å². The molecular weight excluding hydrogens is 328 g/mol. The SMILES string of the molecule is Cc1ccc(-c2nnn(C(C)C(=O)Nc3ccc(F)c(F)c3)n2)cc1. The fraction of sp³-hybridized carbons (Fsp3) is 0.176. The van der Waals surface area contributed by atoms with Crippen LogP contribution < -0.4 is 5.32 Å². The number of halogens is 2. The highest BCUT2D eigenvalue weighted by molar-refractivity contribution is 5.93. The van der Waals surface area contributed by atoms with Gasteiger partial charge in [0.15, 0.2) is 11.6 Å². The molecule has 0 aliphatic rings. The molecule has 0 aliphatic carbocycles. The van der Waals surface area contributed by atoms with E-state index in [0.29, 0.717) is 5.82 Å². The van der Waals surface area contributed by atoms with Crippen molar-refractivity contribution in [2.24, 2.45) is 0 Å². The summed E-state index contributed by atoms with van der Waals surface area (Å²) >= 11 is 0. The molecule has 0 spiro atoms. The van der Waals surface area contributed by atoms with Crippen molar-refractivity contribution >= 4 is 11.6 Å². The smallest absolute Gasteiger partial charge is 0.250 e. The molecule has 0 fully saturated rings.